The summed E-state index contributed by atoms with van der Waals surface area (Å²) in [5, 5.41) is 8.83. The third-order valence-electron chi connectivity index (χ3n) is 3.93. The molecule has 2 rings (SSSR count). The van der Waals surface area contributed by atoms with E-state index in [4.69, 9.17) is 9.84 Å². The number of epoxide rings is 1. The van der Waals surface area contributed by atoms with Gasteiger partial charge in [-0.1, -0.05) is 13.8 Å². The molecule has 0 spiro atoms. The Hall–Kier alpha value is -0.570. The molecule has 2 aliphatic rings. The van der Waals surface area contributed by atoms with Crippen LogP contribution < -0.4 is 0 Å². The highest BCUT2D eigenvalue weighted by molar-refractivity contribution is 5.70. The fourth-order valence-electron chi connectivity index (χ4n) is 2.89. The van der Waals surface area contributed by atoms with Crippen LogP contribution in [0.25, 0.3) is 0 Å². The van der Waals surface area contributed by atoms with Gasteiger partial charge in [-0.15, -0.1) is 0 Å². The molecule has 3 nitrogen and oxygen atoms in total. The van der Waals surface area contributed by atoms with Crippen molar-refractivity contribution in [2.24, 2.45) is 5.41 Å². The molecule has 2 fully saturated rings. The predicted molar refractivity (Wildman–Crippen MR) is 47.5 cm³/mol. The zero-order valence-corrected chi connectivity index (χ0v) is 8.39. The standard InChI is InChI=1S/C10H16O3/c1-8(2)4-5-9(3)10(8,13-9)6-7(11)12/h4-6H2,1-3H3,(H,11,12). The number of ether oxygens (including phenoxy) is 1. The number of hydrogen-bond donors (Lipinski definition) is 1. The van der Waals surface area contributed by atoms with Crippen molar-refractivity contribution < 1.29 is 14.6 Å². The normalized spacial score (nSPS) is 45.8. The number of fused-ring (bicyclic) bond motifs is 1. The van der Waals surface area contributed by atoms with Crippen LogP contribution in [0.2, 0.25) is 0 Å². The second-order valence-corrected chi connectivity index (χ2v) is 5.11. The zero-order valence-electron chi connectivity index (χ0n) is 8.39. The number of carboxylic acids is 1. The minimum absolute atomic E-state index is 0.0140. The third-order valence-corrected chi connectivity index (χ3v) is 3.93. The van der Waals surface area contributed by atoms with E-state index in [1.165, 1.54) is 0 Å². The van der Waals surface area contributed by atoms with E-state index in [1.54, 1.807) is 0 Å². The molecule has 13 heavy (non-hydrogen) atoms. The quantitative estimate of drug-likeness (QED) is 0.666. The van der Waals surface area contributed by atoms with Gasteiger partial charge in [0.05, 0.1) is 12.0 Å². The average molecular weight is 184 g/mol. The molecule has 0 aromatic carbocycles. The topological polar surface area (TPSA) is 49.8 Å². The van der Waals surface area contributed by atoms with Crippen LogP contribution in [-0.2, 0) is 9.53 Å². The van der Waals surface area contributed by atoms with Gasteiger partial charge in [0, 0.05) is 0 Å². The summed E-state index contributed by atoms with van der Waals surface area (Å²) in [6.07, 6.45) is 2.21. The molecule has 2 unspecified atom stereocenters. The van der Waals surface area contributed by atoms with Gasteiger partial charge in [0.1, 0.15) is 5.60 Å². The van der Waals surface area contributed by atoms with E-state index in [9.17, 15) is 4.79 Å². The van der Waals surface area contributed by atoms with Gasteiger partial charge < -0.3 is 9.84 Å². The highest BCUT2D eigenvalue weighted by Crippen LogP contribution is 2.69. The van der Waals surface area contributed by atoms with Gasteiger partial charge in [0.2, 0.25) is 0 Å². The summed E-state index contributed by atoms with van der Waals surface area (Å²) in [4.78, 5) is 10.7. The zero-order chi connectivity index (χ0) is 9.91. The predicted octanol–water partition coefficient (Wildman–Crippen LogP) is 1.81. The Morgan fingerprint density at radius 2 is 2.00 bits per heavy atom. The third kappa shape index (κ3) is 0.909. The lowest BCUT2D eigenvalue weighted by Crippen LogP contribution is -2.34. The molecule has 3 heteroatoms. The summed E-state index contributed by atoms with van der Waals surface area (Å²) in [5.74, 6) is -0.751. The van der Waals surface area contributed by atoms with E-state index in [0.717, 1.165) is 12.8 Å². The van der Waals surface area contributed by atoms with Crippen molar-refractivity contribution in [3.63, 3.8) is 0 Å². The molecule has 0 bridgehead atoms. The van der Waals surface area contributed by atoms with Crippen molar-refractivity contribution in [3.05, 3.63) is 0 Å². The van der Waals surface area contributed by atoms with Gasteiger partial charge in [-0.05, 0) is 25.2 Å². The maximum absolute atomic E-state index is 10.7. The van der Waals surface area contributed by atoms with E-state index in [2.05, 4.69) is 13.8 Å². The number of hydrogen-bond acceptors (Lipinski definition) is 2. The van der Waals surface area contributed by atoms with Crippen LogP contribution in [0.5, 0.6) is 0 Å². The van der Waals surface area contributed by atoms with E-state index >= 15 is 0 Å². The van der Waals surface area contributed by atoms with Crippen LogP contribution >= 0.6 is 0 Å². The van der Waals surface area contributed by atoms with Crippen LogP contribution in [0, 0.1) is 5.41 Å². The summed E-state index contributed by atoms with van der Waals surface area (Å²) in [6.45, 7) is 6.24. The molecule has 1 heterocycles. The van der Waals surface area contributed by atoms with Crippen LogP contribution in [0.15, 0.2) is 0 Å². The molecule has 1 saturated heterocycles. The average Bonchev–Trinajstić information content (AvgIpc) is 2.48. The molecule has 0 radical (unpaired) electrons. The van der Waals surface area contributed by atoms with Crippen molar-refractivity contribution in [1.29, 1.82) is 0 Å². The molecule has 1 N–H and O–H groups in total. The van der Waals surface area contributed by atoms with Crippen molar-refractivity contribution in [3.8, 4) is 0 Å². The van der Waals surface area contributed by atoms with Gasteiger partial charge in [-0.3, -0.25) is 4.79 Å². The largest absolute Gasteiger partial charge is 0.481 e. The molecular formula is C10H16O3. The lowest BCUT2D eigenvalue weighted by Gasteiger charge is -2.26. The SMILES string of the molecule is CC1(C)CCC2(C)OC12CC(=O)O. The summed E-state index contributed by atoms with van der Waals surface area (Å²) in [6, 6.07) is 0. The Kier molecular flexibility index (Phi) is 1.44. The number of carbonyl (C=O) groups is 1. The lowest BCUT2D eigenvalue weighted by atomic mass is 9.76. The number of carboxylic acid groups (broad SMARTS) is 1. The van der Waals surface area contributed by atoms with Gasteiger partial charge in [-0.25, -0.2) is 0 Å². The molecule has 0 aromatic heterocycles. The Balaban J connectivity index is 2.27. The van der Waals surface area contributed by atoms with Crippen LogP contribution in [0.3, 0.4) is 0 Å². The first-order valence-corrected chi connectivity index (χ1v) is 4.75. The second-order valence-electron chi connectivity index (χ2n) is 5.11. The van der Waals surface area contributed by atoms with Gasteiger partial charge in [0.15, 0.2) is 0 Å². The van der Waals surface area contributed by atoms with Gasteiger partial charge >= 0.3 is 5.97 Å². The molecule has 74 valence electrons. The fourth-order valence-corrected chi connectivity index (χ4v) is 2.89. The van der Waals surface area contributed by atoms with Crippen molar-refractivity contribution >= 4 is 5.97 Å². The summed E-state index contributed by atoms with van der Waals surface area (Å²) >= 11 is 0. The smallest absolute Gasteiger partial charge is 0.306 e. The van der Waals surface area contributed by atoms with Crippen LogP contribution in [0.4, 0.5) is 0 Å². The fraction of sp³-hybridized carbons (Fsp3) is 0.900. The van der Waals surface area contributed by atoms with Crippen LogP contribution in [0.1, 0.15) is 40.0 Å². The maximum atomic E-state index is 10.7. The Labute approximate surface area is 78.1 Å². The minimum atomic E-state index is -0.751. The highest BCUT2D eigenvalue weighted by atomic mass is 16.6. The van der Waals surface area contributed by atoms with Crippen LogP contribution in [-0.4, -0.2) is 22.3 Å². The maximum Gasteiger partial charge on any atom is 0.306 e. The Morgan fingerprint density at radius 3 is 2.31 bits per heavy atom. The summed E-state index contributed by atoms with van der Waals surface area (Å²) in [5.41, 5.74) is -0.527. The summed E-state index contributed by atoms with van der Waals surface area (Å²) < 4.78 is 5.67. The Morgan fingerprint density at radius 1 is 1.38 bits per heavy atom. The first-order chi connectivity index (χ1) is 5.83. The molecule has 1 aliphatic heterocycles. The first-order valence-electron chi connectivity index (χ1n) is 4.75. The number of rotatable bonds is 2. The molecule has 2 atom stereocenters. The minimum Gasteiger partial charge on any atom is -0.481 e. The number of aliphatic carboxylic acids is 1. The first kappa shape index (κ1) is 9.00. The van der Waals surface area contributed by atoms with Crippen molar-refractivity contribution in [2.45, 2.75) is 51.2 Å². The monoisotopic (exact) mass is 184 g/mol. The van der Waals surface area contributed by atoms with Gasteiger partial charge in [-0.2, -0.15) is 0 Å². The van der Waals surface area contributed by atoms with Crippen molar-refractivity contribution in [2.75, 3.05) is 0 Å². The molecule has 1 saturated carbocycles. The Bertz CT molecular complexity index is 271. The summed E-state index contributed by atoms with van der Waals surface area (Å²) in [7, 11) is 0. The molecule has 0 aromatic rings. The van der Waals surface area contributed by atoms with Crippen molar-refractivity contribution in [1.82, 2.24) is 0 Å². The van der Waals surface area contributed by atoms with Gasteiger partial charge in [0.25, 0.3) is 0 Å². The van der Waals surface area contributed by atoms with E-state index in [0.29, 0.717) is 0 Å². The molecule has 0 amide bonds. The lowest BCUT2D eigenvalue weighted by molar-refractivity contribution is -0.139. The van der Waals surface area contributed by atoms with E-state index in [1.807, 2.05) is 6.92 Å². The second kappa shape index (κ2) is 2.08. The highest BCUT2D eigenvalue weighted by Gasteiger charge is 2.77. The van der Waals surface area contributed by atoms with E-state index < -0.39 is 5.97 Å². The molecule has 1 aliphatic carbocycles. The van der Waals surface area contributed by atoms with E-state index in [-0.39, 0.29) is 23.0 Å². The molecular weight excluding hydrogens is 168 g/mol.